The molecule has 0 bridgehead atoms. The van der Waals surface area contributed by atoms with Gasteiger partial charge in [0, 0.05) is 12.1 Å². The number of primary sulfonamides is 1. The molecule has 0 aliphatic carbocycles. The zero-order valence-corrected chi connectivity index (χ0v) is 16.2. The van der Waals surface area contributed by atoms with Crippen LogP contribution in [0.5, 0.6) is 0 Å². The number of H-pyrrole nitrogens is 3. The van der Waals surface area contributed by atoms with E-state index >= 15 is 0 Å². The van der Waals surface area contributed by atoms with Crippen LogP contribution in [0.25, 0.3) is 22.5 Å². The third-order valence-electron chi connectivity index (χ3n) is 4.54. The standard InChI is InChI=1S/C17H19N9O2S/c1-10(16-20-25-26-21-16)19-9-11-5-7-12(8-6-11)13-3-2-4-14(29(18,27)28)15(13)17-22-24-23-17/h2-8,10,19,24H,9H2,1H3,(H,22,23)(H2,18,27,28)(H,20,21,25,26). The van der Waals surface area contributed by atoms with Crippen molar-refractivity contribution >= 4 is 10.0 Å². The topological polar surface area (TPSA) is 171 Å². The SMILES string of the molecule is CC(NCc1ccc(-c2cccc(S(N)(=O)=O)c2-c2n[nH][nH]2)cc1)c1nn[nH]n1. The molecule has 2 aromatic heterocycles. The Kier molecular flexibility index (Phi) is 4.96. The lowest BCUT2D eigenvalue weighted by Gasteiger charge is -2.15. The highest BCUT2D eigenvalue weighted by Crippen LogP contribution is 2.35. The molecule has 0 aliphatic rings. The first-order valence-electron chi connectivity index (χ1n) is 8.74. The zero-order chi connectivity index (χ0) is 20.4. The Bertz CT molecular complexity index is 1190. The highest BCUT2D eigenvalue weighted by molar-refractivity contribution is 7.89. The fourth-order valence-corrected chi connectivity index (χ4v) is 3.76. The van der Waals surface area contributed by atoms with Gasteiger partial charge in [-0.3, -0.25) is 5.10 Å². The highest BCUT2D eigenvalue weighted by Gasteiger charge is 2.22. The van der Waals surface area contributed by atoms with E-state index in [1.807, 2.05) is 37.3 Å². The summed E-state index contributed by atoms with van der Waals surface area (Å²) < 4.78 is 24.1. The number of benzene rings is 2. The number of nitrogens with two attached hydrogens (primary N) is 1. The summed E-state index contributed by atoms with van der Waals surface area (Å²) in [5, 5.41) is 32.0. The second-order valence-corrected chi connectivity index (χ2v) is 8.02. The van der Waals surface area contributed by atoms with E-state index in [2.05, 4.69) is 41.4 Å². The summed E-state index contributed by atoms with van der Waals surface area (Å²) in [5.41, 5.74) is 3.04. The van der Waals surface area contributed by atoms with E-state index in [9.17, 15) is 8.42 Å². The number of sulfonamides is 1. The van der Waals surface area contributed by atoms with Crippen LogP contribution in [0.2, 0.25) is 0 Å². The van der Waals surface area contributed by atoms with E-state index in [0.717, 1.165) is 11.1 Å². The molecule has 1 unspecified atom stereocenters. The van der Waals surface area contributed by atoms with Crippen LogP contribution in [-0.2, 0) is 16.6 Å². The molecule has 4 rings (SSSR count). The third-order valence-corrected chi connectivity index (χ3v) is 5.49. The second-order valence-electron chi connectivity index (χ2n) is 6.49. The summed E-state index contributed by atoms with van der Waals surface area (Å²) in [6.07, 6.45) is 0. The van der Waals surface area contributed by atoms with Crippen LogP contribution in [0.3, 0.4) is 0 Å². The van der Waals surface area contributed by atoms with Crippen molar-refractivity contribution in [2.24, 2.45) is 5.14 Å². The number of nitrogens with one attached hydrogen (secondary N) is 4. The van der Waals surface area contributed by atoms with Gasteiger partial charge in [-0.25, -0.2) is 18.8 Å². The first-order valence-corrected chi connectivity index (χ1v) is 10.3. The van der Waals surface area contributed by atoms with E-state index in [-0.39, 0.29) is 10.9 Å². The normalized spacial score (nSPS) is 12.9. The summed E-state index contributed by atoms with van der Waals surface area (Å²) in [4.78, 5) is 0.0161. The smallest absolute Gasteiger partial charge is 0.238 e. The Morgan fingerprint density at radius 2 is 1.90 bits per heavy atom. The summed E-state index contributed by atoms with van der Waals surface area (Å²) >= 11 is 0. The number of hydrogen-bond acceptors (Lipinski definition) is 7. The van der Waals surface area contributed by atoms with Gasteiger partial charge in [-0.15, -0.1) is 15.3 Å². The molecular formula is C17H19N9O2S. The number of aromatic amines is 3. The van der Waals surface area contributed by atoms with E-state index in [0.29, 0.717) is 29.3 Å². The largest absolute Gasteiger partial charge is 0.303 e. The van der Waals surface area contributed by atoms with Crippen molar-refractivity contribution in [1.82, 2.24) is 41.4 Å². The van der Waals surface area contributed by atoms with Gasteiger partial charge in [0.2, 0.25) is 10.0 Å². The summed E-state index contributed by atoms with van der Waals surface area (Å²) in [7, 11) is -3.91. The number of tetrazole rings is 1. The van der Waals surface area contributed by atoms with Gasteiger partial charge in [0.1, 0.15) is 0 Å². The monoisotopic (exact) mass is 413 g/mol. The van der Waals surface area contributed by atoms with Gasteiger partial charge in [-0.05, 0) is 29.7 Å². The van der Waals surface area contributed by atoms with E-state index in [1.165, 1.54) is 6.07 Å². The molecule has 0 radical (unpaired) electrons. The molecule has 6 N–H and O–H groups in total. The molecule has 2 heterocycles. The van der Waals surface area contributed by atoms with Crippen molar-refractivity contribution in [1.29, 1.82) is 0 Å². The number of aromatic nitrogens is 7. The van der Waals surface area contributed by atoms with Crippen LogP contribution in [-0.4, -0.2) is 44.5 Å². The predicted molar refractivity (Wildman–Crippen MR) is 105 cm³/mol. The summed E-state index contributed by atoms with van der Waals surface area (Å²) in [5.74, 6) is 1.01. The maximum atomic E-state index is 12.0. The molecule has 1 atom stereocenters. The Balaban J connectivity index is 1.60. The first-order chi connectivity index (χ1) is 13.9. The van der Waals surface area contributed by atoms with Crippen LogP contribution in [0.4, 0.5) is 0 Å². The van der Waals surface area contributed by atoms with Crippen LogP contribution in [0.15, 0.2) is 47.4 Å². The summed E-state index contributed by atoms with van der Waals surface area (Å²) in [6.45, 7) is 2.56. The number of hydrogen-bond donors (Lipinski definition) is 5. The minimum Gasteiger partial charge on any atom is -0.303 e. The van der Waals surface area contributed by atoms with Crippen LogP contribution >= 0.6 is 0 Å². The molecule has 4 aromatic rings. The Morgan fingerprint density at radius 3 is 2.48 bits per heavy atom. The van der Waals surface area contributed by atoms with E-state index in [4.69, 9.17) is 5.14 Å². The molecule has 0 fully saturated rings. The van der Waals surface area contributed by atoms with Crippen LogP contribution in [0, 0.1) is 0 Å². The van der Waals surface area contributed by atoms with E-state index in [1.54, 1.807) is 6.07 Å². The molecule has 0 amide bonds. The molecular weight excluding hydrogens is 394 g/mol. The van der Waals surface area contributed by atoms with Crippen molar-refractivity contribution in [2.45, 2.75) is 24.4 Å². The molecule has 0 saturated heterocycles. The average Bonchev–Trinajstić information content (AvgIpc) is 3.19. The van der Waals surface area contributed by atoms with Crippen LogP contribution in [0.1, 0.15) is 24.4 Å². The average molecular weight is 413 g/mol. The van der Waals surface area contributed by atoms with Gasteiger partial charge in [0.15, 0.2) is 11.6 Å². The predicted octanol–water partition coefficient (Wildman–Crippen LogP) is 1.08. The van der Waals surface area contributed by atoms with Gasteiger partial charge in [0.25, 0.3) is 0 Å². The van der Waals surface area contributed by atoms with Gasteiger partial charge in [0.05, 0.1) is 10.9 Å². The Labute approximate surface area is 166 Å². The second kappa shape index (κ2) is 7.58. The Morgan fingerprint density at radius 1 is 1.14 bits per heavy atom. The van der Waals surface area contributed by atoms with Crippen molar-refractivity contribution < 1.29 is 8.42 Å². The lowest BCUT2D eigenvalue weighted by Crippen LogP contribution is -2.19. The molecule has 29 heavy (non-hydrogen) atoms. The van der Waals surface area contributed by atoms with Gasteiger partial charge in [-0.1, -0.05) is 41.6 Å². The maximum absolute atomic E-state index is 12.0. The van der Waals surface area contributed by atoms with Crippen LogP contribution < -0.4 is 10.5 Å². The minimum absolute atomic E-state index is 0.0161. The lowest BCUT2D eigenvalue weighted by atomic mass is 9.98. The fraction of sp³-hybridized carbons (Fsp3) is 0.176. The lowest BCUT2D eigenvalue weighted by molar-refractivity contribution is 0.547. The van der Waals surface area contributed by atoms with E-state index < -0.39 is 10.0 Å². The highest BCUT2D eigenvalue weighted by atomic mass is 32.2. The van der Waals surface area contributed by atoms with Gasteiger partial charge in [-0.2, -0.15) is 5.21 Å². The van der Waals surface area contributed by atoms with Gasteiger partial charge < -0.3 is 5.32 Å². The van der Waals surface area contributed by atoms with Crippen molar-refractivity contribution in [3.63, 3.8) is 0 Å². The molecule has 2 aromatic carbocycles. The third kappa shape index (κ3) is 3.94. The van der Waals surface area contributed by atoms with Crippen molar-refractivity contribution in [3.05, 3.63) is 53.9 Å². The quantitative estimate of drug-likeness (QED) is 0.301. The molecule has 0 spiro atoms. The number of rotatable bonds is 7. The fourth-order valence-electron chi connectivity index (χ4n) is 3.00. The first kappa shape index (κ1) is 19.0. The maximum Gasteiger partial charge on any atom is 0.238 e. The molecule has 12 heteroatoms. The van der Waals surface area contributed by atoms with Gasteiger partial charge >= 0.3 is 0 Å². The van der Waals surface area contributed by atoms with Crippen molar-refractivity contribution in [2.75, 3.05) is 0 Å². The zero-order valence-electron chi connectivity index (χ0n) is 15.4. The Hall–Kier alpha value is -3.35. The molecule has 0 aliphatic heterocycles. The van der Waals surface area contributed by atoms with Crippen molar-refractivity contribution in [3.8, 4) is 22.5 Å². The minimum atomic E-state index is -3.91. The summed E-state index contributed by atoms with van der Waals surface area (Å²) in [6, 6.07) is 12.7. The molecule has 11 nitrogen and oxygen atoms in total. The molecule has 150 valence electrons. The number of nitrogens with zero attached hydrogens (tertiary/aromatic N) is 4. The molecule has 0 saturated carbocycles.